The average Bonchev–Trinajstić information content (AvgIpc) is 2.70. The molecule has 0 saturated carbocycles. The van der Waals surface area contributed by atoms with Crippen LogP contribution in [0.15, 0.2) is 12.0 Å². The predicted molar refractivity (Wildman–Crippen MR) is 69.6 cm³/mol. The van der Waals surface area contributed by atoms with E-state index in [0.29, 0.717) is 24.3 Å². The van der Waals surface area contributed by atoms with Gasteiger partial charge in [-0.3, -0.25) is 9.59 Å². The quantitative estimate of drug-likeness (QED) is 0.484. The van der Waals surface area contributed by atoms with Crippen LogP contribution >= 0.6 is 0 Å². The molecule has 1 rings (SSSR count). The fourth-order valence-electron chi connectivity index (χ4n) is 1.64. The molecule has 2 amide bonds. The minimum Gasteiger partial charge on any atom is -0.330 e. The molecule has 1 saturated heterocycles. The number of carbonyl (C=O) groups excluding carboxylic acids is 3. The summed E-state index contributed by atoms with van der Waals surface area (Å²) >= 11 is 0. The third-order valence-electron chi connectivity index (χ3n) is 2.76. The van der Waals surface area contributed by atoms with Crippen LogP contribution in [0.25, 0.3) is 0 Å². The second-order valence-corrected chi connectivity index (χ2v) is 6.46. The van der Waals surface area contributed by atoms with E-state index in [2.05, 4.69) is 11.4 Å². The maximum Gasteiger partial charge on any atom is 0.333 e. The molecule has 0 radical (unpaired) electrons. The van der Waals surface area contributed by atoms with Gasteiger partial charge in [0, 0.05) is 24.7 Å². The summed E-state index contributed by atoms with van der Waals surface area (Å²) in [7, 11) is -3.20. The smallest absolute Gasteiger partial charge is 0.330 e. The molecule has 112 valence electrons. The number of hydrogen-bond donors (Lipinski definition) is 0. The van der Waals surface area contributed by atoms with Crippen LogP contribution in [0.2, 0.25) is 0 Å². The molecule has 0 N–H and O–H groups in total. The Kier molecular flexibility index (Phi) is 5.87. The van der Waals surface area contributed by atoms with E-state index in [1.165, 1.54) is 0 Å². The Morgan fingerprint density at radius 3 is 2.35 bits per heavy atom. The lowest BCUT2D eigenvalue weighted by atomic mass is 10.2. The van der Waals surface area contributed by atoms with Crippen molar-refractivity contribution in [2.24, 2.45) is 0 Å². The predicted octanol–water partition coefficient (Wildman–Crippen LogP) is 0.712. The van der Waals surface area contributed by atoms with E-state index in [4.69, 9.17) is 0 Å². The highest BCUT2D eigenvalue weighted by Crippen LogP contribution is 2.13. The number of unbranched alkanes of at least 4 members (excludes halogenated alkanes) is 2. The van der Waals surface area contributed by atoms with E-state index < -0.39 is 27.6 Å². The van der Waals surface area contributed by atoms with Crippen LogP contribution in [0.4, 0.5) is 0 Å². The molecule has 0 bridgehead atoms. The van der Waals surface area contributed by atoms with Crippen molar-refractivity contribution in [2.75, 3.05) is 5.75 Å². The summed E-state index contributed by atoms with van der Waals surface area (Å²) < 4.78 is 22.2. The molecule has 20 heavy (non-hydrogen) atoms. The van der Waals surface area contributed by atoms with E-state index in [-0.39, 0.29) is 25.0 Å². The monoisotopic (exact) mass is 303 g/mol. The largest absolute Gasteiger partial charge is 0.333 e. The summed E-state index contributed by atoms with van der Waals surface area (Å²) in [5.74, 6) is -1.70. The highest BCUT2D eigenvalue weighted by atomic mass is 32.2. The number of rotatable bonds is 8. The normalized spacial score (nSPS) is 15.5. The first-order chi connectivity index (χ1) is 9.35. The highest BCUT2D eigenvalue weighted by molar-refractivity contribution is 7.94. The number of carbonyl (C=O) groups is 3. The van der Waals surface area contributed by atoms with Gasteiger partial charge in [-0.2, -0.15) is 0 Å². The highest BCUT2D eigenvalue weighted by Gasteiger charge is 2.32. The Morgan fingerprint density at radius 2 is 1.80 bits per heavy atom. The zero-order valence-corrected chi connectivity index (χ0v) is 11.9. The van der Waals surface area contributed by atoms with Crippen LogP contribution in [0.5, 0.6) is 0 Å². The zero-order valence-electron chi connectivity index (χ0n) is 11.0. The summed E-state index contributed by atoms with van der Waals surface area (Å²) in [6.45, 7) is 3.20. The van der Waals surface area contributed by atoms with E-state index in [0.717, 1.165) is 5.41 Å². The first-order valence-corrected chi connectivity index (χ1v) is 7.99. The Hall–Kier alpha value is -1.70. The van der Waals surface area contributed by atoms with Gasteiger partial charge in [-0.1, -0.05) is 13.0 Å². The third-order valence-corrected chi connectivity index (χ3v) is 4.13. The van der Waals surface area contributed by atoms with Crippen molar-refractivity contribution in [1.82, 2.24) is 5.06 Å². The lowest BCUT2D eigenvalue weighted by Crippen LogP contribution is -2.31. The van der Waals surface area contributed by atoms with Gasteiger partial charge in [0.15, 0.2) is 9.84 Å². The van der Waals surface area contributed by atoms with Gasteiger partial charge in [0.05, 0.1) is 5.75 Å². The van der Waals surface area contributed by atoms with Crippen LogP contribution in [-0.4, -0.2) is 37.0 Å². The van der Waals surface area contributed by atoms with E-state index in [1.54, 1.807) is 0 Å². The van der Waals surface area contributed by atoms with Crippen LogP contribution < -0.4 is 0 Å². The maximum atomic E-state index is 11.4. The van der Waals surface area contributed by atoms with Crippen molar-refractivity contribution in [3.05, 3.63) is 12.0 Å². The van der Waals surface area contributed by atoms with Gasteiger partial charge in [0.25, 0.3) is 11.8 Å². The summed E-state index contributed by atoms with van der Waals surface area (Å²) in [5.41, 5.74) is 0. The van der Waals surface area contributed by atoms with Crippen LogP contribution in [0, 0.1) is 0 Å². The molecule has 1 fully saturated rings. The van der Waals surface area contributed by atoms with Gasteiger partial charge < -0.3 is 4.84 Å². The number of imide groups is 1. The molecule has 1 aliphatic heterocycles. The topological polar surface area (TPSA) is 97.8 Å². The summed E-state index contributed by atoms with van der Waals surface area (Å²) in [6, 6.07) is 0. The van der Waals surface area contributed by atoms with E-state index in [9.17, 15) is 22.8 Å². The molecule has 0 unspecified atom stereocenters. The number of hydroxylamine groups is 2. The third kappa shape index (κ3) is 5.12. The SMILES string of the molecule is C=CS(=O)(=O)CCCCCC(=O)ON1C(=O)CCC1=O. The minimum atomic E-state index is -3.20. The van der Waals surface area contributed by atoms with Crippen molar-refractivity contribution in [3.63, 3.8) is 0 Å². The van der Waals surface area contributed by atoms with Gasteiger partial charge in [-0.05, 0) is 12.8 Å². The van der Waals surface area contributed by atoms with Crippen LogP contribution in [0.3, 0.4) is 0 Å². The molecule has 0 aliphatic carbocycles. The maximum absolute atomic E-state index is 11.4. The molecule has 0 spiro atoms. The number of hydrogen-bond acceptors (Lipinski definition) is 6. The molecule has 7 nitrogen and oxygen atoms in total. The molecular weight excluding hydrogens is 286 g/mol. The molecule has 0 atom stereocenters. The molecular formula is C12H17NO6S. The molecule has 0 aromatic rings. The average molecular weight is 303 g/mol. The van der Waals surface area contributed by atoms with Gasteiger partial charge >= 0.3 is 5.97 Å². The fourth-order valence-corrected chi connectivity index (χ4v) is 2.41. The standard InChI is InChI=1S/C12H17NO6S/c1-2-20(17,18)9-5-3-4-6-12(16)19-13-10(14)7-8-11(13)15/h2H,1,3-9H2. The summed E-state index contributed by atoms with van der Waals surface area (Å²) in [5, 5.41) is 1.41. The molecule has 0 aromatic carbocycles. The summed E-state index contributed by atoms with van der Waals surface area (Å²) in [6.07, 6.45) is 1.54. The second kappa shape index (κ2) is 7.18. The zero-order chi connectivity index (χ0) is 15.2. The van der Waals surface area contributed by atoms with E-state index in [1.807, 2.05) is 0 Å². The van der Waals surface area contributed by atoms with Crippen molar-refractivity contribution in [1.29, 1.82) is 0 Å². The first-order valence-electron chi connectivity index (χ1n) is 6.27. The Balaban J connectivity index is 2.19. The van der Waals surface area contributed by atoms with Crippen LogP contribution in [-0.2, 0) is 29.1 Å². The molecule has 8 heteroatoms. The number of sulfone groups is 1. The van der Waals surface area contributed by atoms with Crippen LogP contribution in [0.1, 0.15) is 38.5 Å². The van der Waals surface area contributed by atoms with Gasteiger partial charge in [0.1, 0.15) is 0 Å². The Labute approximate surface area is 117 Å². The lowest BCUT2D eigenvalue weighted by molar-refractivity contribution is -0.197. The van der Waals surface area contributed by atoms with Gasteiger partial charge in [0.2, 0.25) is 0 Å². The Bertz CT molecular complexity index is 494. The number of nitrogens with zero attached hydrogens (tertiary/aromatic N) is 1. The number of amides is 2. The fraction of sp³-hybridized carbons (Fsp3) is 0.583. The van der Waals surface area contributed by atoms with Gasteiger partial charge in [-0.15, -0.1) is 5.06 Å². The molecule has 0 aromatic heterocycles. The second-order valence-electron chi connectivity index (χ2n) is 4.39. The minimum absolute atomic E-state index is 0.00531. The van der Waals surface area contributed by atoms with Crippen molar-refractivity contribution >= 4 is 27.6 Å². The van der Waals surface area contributed by atoms with Crippen molar-refractivity contribution < 1.29 is 27.6 Å². The van der Waals surface area contributed by atoms with Crippen molar-refractivity contribution in [2.45, 2.75) is 38.5 Å². The first kappa shape index (κ1) is 16.4. The van der Waals surface area contributed by atoms with Crippen molar-refractivity contribution in [3.8, 4) is 0 Å². The lowest BCUT2D eigenvalue weighted by Gasteiger charge is -2.12. The Morgan fingerprint density at radius 1 is 1.20 bits per heavy atom. The van der Waals surface area contributed by atoms with E-state index >= 15 is 0 Å². The summed E-state index contributed by atoms with van der Waals surface area (Å²) in [4.78, 5) is 38.5. The van der Waals surface area contributed by atoms with Gasteiger partial charge in [-0.25, -0.2) is 13.2 Å². The molecule has 1 aliphatic rings. The molecule has 1 heterocycles.